The first kappa shape index (κ1) is 12.0. The number of fused-ring (bicyclic) bond motifs is 2. The molecule has 0 bridgehead atoms. The van der Waals surface area contributed by atoms with E-state index in [1.807, 2.05) is 0 Å². The Morgan fingerprint density at radius 1 is 1.40 bits per heavy atom. The van der Waals surface area contributed by atoms with Gasteiger partial charge in [-0.3, -0.25) is 0 Å². The summed E-state index contributed by atoms with van der Waals surface area (Å²) >= 11 is 0. The van der Waals surface area contributed by atoms with Gasteiger partial charge in [0.05, 0.1) is 5.69 Å². The molecule has 0 amide bonds. The van der Waals surface area contributed by atoms with E-state index in [1.165, 1.54) is 10.8 Å². The van der Waals surface area contributed by atoms with Crippen LogP contribution in [0.5, 0.6) is 0 Å². The molecule has 8 heteroatoms. The van der Waals surface area contributed by atoms with Crippen LogP contribution in [0.1, 0.15) is 12.6 Å². The van der Waals surface area contributed by atoms with Crippen LogP contribution in [0.25, 0.3) is 5.52 Å². The van der Waals surface area contributed by atoms with Crippen LogP contribution in [0.4, 0.5) is 5.82 Å². The van der Waals surface area contributed by atoms with E-state index in [4.69, 9.17) is 10.5 Å². The van der Waals surface area contributed by atoms with E-state index in [9.17, 15) is 15.3 Å². The zero-order valence-electron chi connectivity index (χ0n) is 10.6. The lowest BCUT2D eigenvalue weighted by molar-refractivity contribution is -0.127. The predicted octanol–water partition coefficient (Wildman–Crippen LogP) is -1.61. The summed E-state index contributed by atoms with van der Waals surface area (Å²) in [5.41, 5.74) is 4.11. The van der Waals surface area contributed by atoms with Gasteiger partial charge in [-0.25, -0.2) is 9.50 Å². The number of anilines is 1. The van der Waals surface area contributed by atoms with Crippen molar-refractivity contribution in [3.63, 3.8) is 0 Å². The summed E-state index contributed by atoms with van der Waals surface area (Å²) in [6.45, 7) is 1.65. The summed E-state index contributed by atoms with van der Waals surface area (Å²) in [6.07, 6.45) is -1.80. The van der Waals surface area contributed by atoms with E-state index >= 15 is 0 Å². The first-order chi connectivity index (χ1) is 9.40. The number of aliphatic hydroxyl groups is 3. The Bertz CT molecular complexity index is 719. The van der Waals surface area contributed by atoms with Crippen molar-refractivity contribution in [1.82, 2.24) is 14.6 Å². The van der Waals surface area contributed by atoms with Crippen LogP contribution in [0.2, 0.25) is 0 Å². The fourth-order valence-corrected chi connectivity index (χ4v) is 3.12. The highest BCUT2D eigenvalue weighted by Crippen LogP contribution is 2.57. The molecule has 4 rings (SSSR count). The minimum Gasteiger partial charge on any atom is -0.387 e. The standard InChI is InChI=1S/C12H14N4O4/c1-11(10(18)12(19)7(17)8(12)20-11)6-3-2-5-9(13)14-4-15-16(5)6/h2-4,7-8,10,17-19H,1H3,(H2,13,14,15). The summed E-state index contributed by atoms with van der Waals surface area (Å²) in [5, 5.41) is 34.2. The lowest BCUT2D eigenvalue weighted by atomic mass is 9.91. The zero-order valence-corrected chi connectivity index (χ0v) is 10.6. The molecule has 8 nitrogen and oxygen atoms in total. The van der Waals surface area contributed by atoms with Crippen LogP contribution in [-0.2, 0) is 10.3 Å². The van der Waals surface area contributed by atoms with Crippen molar-refractivity contribution in [2.24, 2.45) is 0 Å². The molecule has 2 aromatic heterocycles. The second-order valence-electron chi connectivity index (χ2n) is 5.54. The van der Waals surface area contributed by atoms with Crippen molar-refractivity contribution in [1.29, 1.82) is 0 Å². The van der Waals surface area contributed by atoms with Crippen LogP contribution < -0.4 is 5.73 Å². The molecule has 2 aromatic rings. The molecule has 5 N–H and O–H groups in total. The van der Waals surface area contributed by atoms with Crippen molar-refractivity contribution in [3.8, 4) is 0 Å². The first-order valence-corrected chi connectivity index (χ1v) is 6.25. The number of aliphatic hydroxyl groups excluding tert-OH is 2. The molecule has 20 heavy (non-hydrogen) atoms. The molecule has 1 saturated carbocycles. The molecule has 2 aliphatic rings. The highest BCUT2D eigenvalue weighted by Gasteiger charge is 2.80. The molecule has 2 fully saturated rings. The Kier molecular flexibility index (Phi) is 1.98. The van der Waals surface area contributed by atoms with Gasteiger partial charge in [0.1, 0.15) is 35.8 Å². The number of ether oxygens (including phenoxy) is 1. The second kappa shape index (κ2) is 3.29. The molecule has 1 aliphatic heterocycles. The summed E-state index contributed by atoms with van der Waals surface area (Å²) in [5.74, 6) is 0.311. The summed E-state index contributed by atoms with van der Waals surface area (Å²) in [7, 11) is 0. The SMILES string of the molecule is CC1(c2ccc3c(N)ncnn23)OC2C(O)C2(O)C1O. The van der Waals surface area contributed by atoms with Crippen molar-refractivity contribution in [2.45, 2.75) is 36.4 Å². The first-order valence-electron chi connectivity index (χ1n) is 6.25. The van der Waals surface area contributed by atoms with Gasteiger partial charge >= 0.3 is 0 Å². The molecule has 5 atom stereocenters. The smallest absolute Gasteiger partial charge is 0.151 e. The molecular weight excluding hydrogens is 264 g/mol. The van der Waals surface area contributed by atoms with Crippen LogP contribution in [0, 0.1) is 0 Å². The van der Waals surface area contributed by atoms with E-state index in [0.717, 1.165) is 0 Å². The number of nitrogens with two attached hydrogens (primary N) is 1. The van der Waals surface area contributed by atoms with E-state index in [2.05, 4.69) is 10.1 Å². The maximum absolute atomic E-state index is 10.4. The Hall–Kier alpha value is -1.74. The van der Waals surface area contributed by atoms with Crippen LogP contribution in [0.15, 0.2) is 18.5 Å². The highest BCUT2D eigenvalue weighted by molar-refractivity contribution is 5.65. The molecule has 3 heterocycles. The number of nitrogens with zero attached hydrogens (tertiary/aromatic N) is 3. The summed E-state index contributed by atoms with van der Waals surface area (Å²) < 4.78 is 7.19. The number of hydrogen-bond donors (Lipinski definition) is 4. The summed E-state index contributed by atoms with van der Waals surface area (Å²) in [4.78, 5) is 3.89. The van der Waals surface area contributed by atoms with E-state index in [0.29, 0.717) is 17.0 Å². The van der Waals surface area contributed by atoms with Gasteiger partial charge in [-0.2, -0.15) is 5.10 Å². The van der Waals surface area contributed by atoms with Gasteiger partial charge in [0.2, 0.25) is 0 Å². The monoisotopic (exact) mass is 278 g/mol. The van der Waals surface area contributed by atoms with Gasteiger partial charge < -0.3 is 25.8 Å². The molecule has 0 spiro atoms. The lowest BCUT2D eigenvalue weighted by Crippen LogP contribution is -2.46. The van der Waals surface area contributed by atoms with Gasteiger partial charge in [0, 0.05) is 0 Å². The molecule has 5 unspecified atom stereocenters. The molecule has 1 saturated heterocycles. The number of rotatable bonds is 1. The molecule has 0 radical (unpaired) electrons. The fraction of sp³-hybridized carbons (Fsp3) is 0.500. The van der Waals surface area contributed by atoms with E-state index in [-0.39, 0.29) is 0 Å². The van der Waals surface area contributed by atoms with Gasteiger partial charge in [-0.1, -0.05) is 0 Å². The Balaban J connectivity index is 1.87. The highest BCUT2D eigenvalue weighted by atomic mass is 16.6. The van der Waals surface area contributed by atoms with Gasteiger partial charge in [-0.05, 0) is 19.1 Å². The number of aromatic nitrogens is 3. The maximum Gasteiger partial charge on any atom is 0.151 e. The van der Waals surface area contributed by atoms with E-state index < -0.39 is 29.5 Å². The Labute approximate surface area is 113 Å². The molecule has 0 aromatic carbocycles. The van der Waals surface area contributed by atoms with Crippen LogP contribution >= 0.6 is 0 Å². The third-order valence-electron chi connectivity index (χ3n) is 4.43. The molecule has 106 valence electrons. The quantitative estimate of drug-likeness (QED) is 0.494. The minimum absolute atomic E-state index is 0.311. The van der Waals surface area contributed by atoms with Crippen LogP contribution in [-0.4, -0.2) is 53.8 Å². The average molecular weight is 278 g/mol. The lowest BCUT2D eigenvalue weighted by Gasteiger charge is -2.31. The van der Waals surface area contributed by atoms with Gasteiger partial charge in [0.25, 0.3) is 0 Å². The molecular formula is C12H14N4O4. The van der Waals surface area contributed by atoms with Crippen LogP contribution in [0.3, 0.4) is 0 Å². The van der Waals surface area contributed by atoms with Gasteiger partial charge in [-0.15, -0.1) is 0 Å². The predicted molar refractivity (Wildman–Crippen MR) is 66.6 cm³/mol. The van der Waals surface area contributed by atoms with Crippen molar-refractivity contribution in [2.75, 3.05) is 5.73 Å². The fourth-order valence-electron chi connectivity index (χ4n) is 3.12. The second-order valence-corrected chi connectivity index (χ2v) is 5.54. The van der Waals surface area contributed by atoms with Crippen molar-refractivity contribution < 1.29 is 20.1 Å². The number of nitrogen functional groups attached to an aromatic ring is 1. The van der Waals surface area contributed by atoms with Crippen molar-refractivity contribution >= 4 is 11.3 Å². The van der Waals surface area contributed by atoms with E-state index in [1.54, 1.807) is 19.1 Å². The third-order valence-corrected chi connectivity index (χ3v) is 4.43. The van der Waals surface area contributed by atoms with Crippen molar-refractivity contribution in [3.05, 3.63) is 24.2 Å². The third kappa shape index (κ3) is 1.12. The zero-order chi connectivity index (χ0) is 14.3. The normalized spacial score (nSPS) is 42.9. The average Bonchev–Trinajstić information content (AvgIpc) is 2.80. The minimum atomic E-state index is -1.61. The Morgan fingerprint density at radius 2 is 2.15 bits per heavy atom. The topological polar surface area (TPSA) is 126 Å². The Morgan fingerprint density at radius 3 is 2.80 bits per heavy atom. The molecule has 1 aliphatic carbocycles. The maximum atomic E-state index is 10.4. The number of hydrogen-bond acceptors (Lipinski definition) is 7. The largest absolute Gasteiger partial charge is 0.387 e. The van der Waals surface area contributed by atoms with Gasteiger partial charge in [0.15, 0.2) is 11.4 Å². The summed E-state index contributed by atoms with van der Waals surface area (Å²) in [6, 6.07) is 3.43.